The summed E-state index contributed by atoms with van der Waals surface area (Å²) in [6.07, 6.45) is -0.300. The third-order valence-corrected chi connectivity index (χ3v) is 5.96. The molecule has 4 heteroatoms. The molecule has 0 radical (unpaired) electrons. The van der Waals surface area contributed by atoms with Crippen LogP contribution >= 0.6 is 0 Å². The minimum absolute atomic E-state index is 0.300. The Morgan fingerprint density at radius 3 is 2.03 bits per heavy atom. The van der Waals surface area contributed by atoms with E-state index in [-0.39, 0.29) is 10.8 Å². The Balaban J connectivity index is 1.77. The van der Waals surface area contributed by atoms with Crippen LogP contribution < -0.4 is 14.4 Å². The fourth-order valence-corrected chi connectivity index (χ4v) is 4.43. The number of anilines is 2. The van der Waals surface area contributed by atoms with Gasteiger partial charge >= 0.3 is 0 Å². The Morgan fingerprint density at radius 2 is 1.45 bits per heavy atom. The van der Waals surface area contributed by atoms with Crippen LogP contribution in [0.1, 0.15) is 25.6 Å². The summed E-state index contributed by atoms with van der Waals surface area (Å²) >= 11 is 0. The van der Waals surface area contributed by atoms with Gasteiger partial charge in [0.2, 0.25) is 0 Å². The maximum Gasteiger partial charge on any atom is 0.196 e. The molecule has 1 aliphatic heterocycles. The predicted octanol–water partition coefficient (Wildman–Crippen LogP) is 5.56. The van der Waals surface area contributed by atoms with E-state index in [9.17, 15) is 5.21 Å². The van der Waals surface area contributed by atoms with E-state index in [1.165, 1.54) is 5.69 Å². The molecule has 0 aromatic heterocycles. The number of para-hydroxylation sites is 2. The van der Waals surface area contributed by atoms with E-state index in [1.807, 2.05) is 48.5 Å². The largest absolute Gasteiger partial charge is 0.626 e. The zero-order valence-electron chi connectivity index (χ0n) is 17.2. The van der Waals surface area contributed by atoms with E-state index in [2.05, 4.69) is 60.0 Å². The normalized spacial score (nSPS) is 21.3. The monoisotopic (exact) mass is 387 g/mol. The first kappa shape index (κ1) is 19.5. The van der Waals surface area contributed by atoms with Gasteiger partial charge in [-0.05, 0) is 62.4 Å². The van der Waals surface area contributed by atoms with Crippen molar-refractivity contribution >= 4 is 17.1 Å². The Hall–Kier alpha value is -2.82. The summed E-state index contributed by atoms with van der Waals surface area (Å²) in [6.45, 7) is 7.54. The maximum absolute atomic E-state index is 14.2. The molecule has 29 heavy (non-hydrogen) atoms. The fourth-order valence-electron chi connectivity index (χ4n) is 4.43. The fraction of sp³-hybridized carbons (Fsp3) is 0.280. The molecule has 1 heterocycles. The molecule has 0 saturated carbocycles. The average molecular weight is 388 g/mol. The van der Waals surface area contributed by atoms with Gasteiger partial charge in [-0.2, -0.15) is 0 Å². The first-order valence-corrected chi connectivity index (χ1v) is 10.5. The Bertz CT molecular complexity index is 910. The average Bonchev–Trinajstić information content (AvgIpc) is 3.15. The lowest BCUT2D eigenvalue weighted by Crippen LogP contribution is -2.45. The smallest absolute Gasteiger partial charge is 0.196 e. The maximum atomic E-state index is 14.2. The highest BCUT2D eigenvalue weighted by atomic mass is 16.6. The van der Waals surface area contributed by atoms with Crippen LogP contribution in [0.5, 0.6) is 0 Å². The second-order valence-electron chi connectivity index (χ2n) is 7.52. The zero-order chi connectivity index (χ0) is 20.3. The first-order valence-electron chi connectivity index (χ1n) is 10.5. The summed E-state index contributed by atoms with van der Waals surface area (Å²) in [5.41, 5.74) is 4.16. The quantitative estimate of drug-likeness (QED) is 0.410. The van der Waals surface area contributed by atoms with Gasteiger partial charge in [-0.3, -0.25) is 0 Å². The van der Waals surface area contributed by atoms with E-state index < -0.39 is 0 Å². The van der Waals surface area contributed by atoms with Crippen molar-refractivity contribution in [2.24, 2.45) is 0 Å². The van der Waals surface area contributed by atoms with Crippen molar-refractivity contribution < 1.29 is 0 Å². The van der Waals surface area contributed by atoms with Gasteiger partial charge in [-0.15, -0.1) is 0 Å². The summed E-state index contributed by atoms with van der Waals surface area (Å²) in [5, 5.41) is 14.2. The number of hydroxylamine groups is 2. The van der Waals surface area contributed by atoms with Crippen molar-refractivity contribution in [2.45, 2.75) is 20.0 Å². The molecular weight excluding hydrogens is 358 g/mol. The number of nitrogens with zero attached hydrogens (tertiary/aromatic N) is 3. The van der Waals surface area contributed by atoms with Crippen LogP contribution in [0.3, 0.4) is 0 Å². The van der Waals surface area contributed by atoms with Gasteiger partial charge in [0, 0.05) is 30.0 Å². The number of quaternary nitrogens is 1. The molecule has 0 aliphatic carbocycles. The molecule has 150 valence electrons. The Morgan fingerprint density at radius 1 is 0.862 bits per heavy atom. The number of hydrogen-bond acceptors (Lipinski definition) is 3. The number of benzene rings is 3. The van der Waals surface area contributed by atoms with Crippen LogP contribution in [-0.4, -0.2) is 26.2 Å². The lowest BCUT2D eigenvalue weighted by atomic mass is 10.1. The van der Waals surface area contributed by atoms with Gasteiger partial charge in [-0.1, -0.05) is 36.4 Å². The van der Waals surface area contributed by atoms with Crippen LogP contribution in [0.2, 0.25) is 0 Å². The third-order valence-electron chi connectivity index (χ3n) is 5.96. The molecular formula is C25H29N3O. The molecule has 2 atom stereocenters. The highest BCUT2D eigenvalue weighted by molar-refractivity contribution is 5.58. The molecule has 4 nitrogen and oxygen atoms in total. The molecule has 0 bridgehead atoms. The summed E-state index contributed by atoms with van der Waals surface area (Å²) in [6, 6.07) is 28.6. The van der Waals surface area contributed by atoms with E-state index in [1.54, 1.807) is 0 Å². The Kier molecular flexibility index (Phi) is 5.56. The SMILES string of the molecule is CCN(CC)c1ccc(C2N(c3ccccc3)CC[N+]2([O-])c2ccccc2)cc1. The van der Waals surface area contributed by atoms with Crippen molar-refractivity contribution in [1.29, 1.82) is 0 Å². The van der Waals surface area contributed by atoms with Gasteiger partial charge in [0.1, 0.15) is 12.2 Å². The minimum Gasteiger partial charge on any atom is -0.626 e. The third kappa shape index (κ3) is 3.61. The molecule has 1 fully saturated rings. The molecule has 3 aromatic rings. The van der Waals surface area contributed by atoms with Gasteiger partial charge in [0.05, 0.1) is 6.54 Å². The van der Waals surface area contributed by atoms with Crippen molar-refractivity contribution in [3.8, 4) is 0 Å². The molecule has 0 spiro atoms. The standard InChI is InChI=1S/C25H29N3O/c1-3-26(4-2)22-17-15-21(16-18-22)25-27(23-11-7-5-8-12-23)19-20-28(25,29)24-13-9-6-10-14-24/h5-18,25H,3-4,19-20H2,1-2H3. The van der Waals surface area contributed by atoms with Gasteiger partial charge < -0.3 is 19.7 Å². The molecule has 0 N–H and O–H groups in total. The van der Waals surface area contributed by atoms with Crippen LogP contribution in [0.15, 0.2) is 84.9 Å². The summed E-state index contributed by atoms with van der Waals surface area (Å²) in [4.78, 5) is 4.58. The lowest BCUT2D eigenvalue weighted by Gasteiger charge is -2.45. The molecule has 1 aliphatic rings. The van der Waals surface area contributed by atoms with Gasteiger partial charge in [-0.25, -0.2) is 0 Å². The minimum atomic E-state index is -0.361. The second kappa shape index (κ2) is 8.27. The summed E-state index contributed by atoms with van der Waals surface area (Å²) in [7, 11) is 0. The molecule has 0 amide bonds. The highest BCUT2D eigenvalue weighted by Crippen LogP contribution is 2.43. The van der Waals surface area contributed by atoms with E-state index in [0.29, 0.717) is 6.54 Å². The van der Waals surface area contributed by atoms with Gasteiger partial charge in [0.25, 0.3) is 0 Å². The summed E-state index contributed by atoms with van der Waals surface area (Å²) < 4.78 is -0.361. The zero-order valence-corrected chi connectivity index (χ0v) is 17.2. The number of rotatable bonds is 6. The van der Waals surface area contributed by atoms with Crippen molar-refractivity contribution in [3.05, 3.63) is 95.7 Å². The number of hydrogen-bond donors (Lipinski definition) is 0. The van der Waals surface area contributed by atoms with E-state index in [4.69, 9.17) is 0 Å². The summed E-state index contributed by atoms with van der Waals surface area (Å²) in [5.74, 6) is 0. The van der Waals surface area contributed by atoms with Crippen LogP contribution in [0.4, 0.5) is 17.1 Å². The van der Waals surface area contributed by atoms with Crippen molar-refractivity contribution in [3.63, 3.8) is 0 Å². The van der Waals surface area contributed by atoms with E-state index in [0.717, 1.165) is 36.6 Å². The van der Waals surface area contributed by atoms with Crippen LogP contribution in [0, 0.1) is 5.21 Å². The molecule has 1 saturated heterocycles. The van der Waals surface area contributed by atoms with Gasteiger partial charge in [0.15, 0.2) is 6.17 Å². The first-order chi connectivity index (χ1) is 14.2. The Labute approximate surface area is 173 Å². The lowest BCUT2D eigenvalue weighted by molar-refractivity contribution is 0.353. The van der Waals surface area contributed by atoms with Crippen molar-refractivity contribution in [2.75, 3.05) is 36.0 Å². The second-order valence-corrected chi connectivity index (χ2v) is 7.52. The topological polar surface area (TPSA) is 29.5 Å². The van der Waals surface area contributed by atoms with Crippen LogP contribution in [-0.2, 0) is 0 Å². The van der Waals surface area contributed by atoms with E-state index >= 15 is 0 Å². The molecule has 3 aromatic carbocycles. The van der Waals surface area contributed by atoms with Crippen LogP contribution in [0.25, 0.3) is 0 Å². The molecule has 4 rings (SSSR count). The van der Waals surface area contributed by atoms with Crippen molar-refractivity contribution in [1.82, 2.24) is 4.65 Å². The predicted molar refractivity (Wildman–Crippen MR) is 123 cm³/mol. The molecule has 2 unspecified atom stereocenters. The highest BCUT2D eigenvalue weighted by Gasteiger charge is 2.43.